The molecule has 7 nitrogen and oxygen atoms in total. The fraction of sp³-hybridized carbons (Fsp3) is 0.385. The minimum Gasteiger partial charge on any atom is -0.461 e. The van der Waals surface area contributed by atoms with Crippen LogP contribution in [0.3, 0.4) is 0 Å². The standard InChI is InChI=1S/C13H16N4O3S/c1-4-20-13(19)12-16-10(7-21-12)11(18)15-9-5-14-17(6-9)8(2)3/h5-8H,4H2,1-3H3,(H,15,18). The van der Waals surface area contributed by atoms with E-state index >= 15 is 0 Å². The molecular weight excluding hydrogens is 292 g/mol. The first-order valence-corrected chi connectivity index (χ1v) is 7.37. The van der Waals surface area contributed by atoms with E-state index in [1.165, 1.54) is 5.38 Å². The van der Waals surface area contributed by atoms with Crippen LogP contribution in [0, 0.1) is 0 Å². The van der Waals surface area contributed by atoms with E-state index < -0.39 is 5.97 Å². The van der Waals surface area contributed by atoms with Crippen molar-refractivity contribution in [2.24, 2.45) is 0 Å². The van der Waals surface area contributed by atoms with E-state index in [4.69, 9.17) is 4.74 Å². The molecule has 1 amide bonds. The Morgan fingerprint density at radius 3 is 2.86 bits per heavy atom. The van der Waals surface area contributed by atoms with E-state index in [0.29, 0.717) is 5.69 Å². The summed E-state index contributed by atoms with van der Waals surface area (Å²) in [5, 5.41) is 8.51. The van der Waals surface area contributed by atoms with Crippen molar-refractivity contribution >= 4 is 28.9 Å². The number of amides is 1. The van der Waals surface area contributed by atoms with Crippen LogP contribution in [0.25, 0.3) is 0 Å². The summed E-state index contributed by atoms with van der Waals surface area (Å²) in [5.41, 5.74) is 0.764. The lowest BCUT2D eigenvalue weighted by Crippen LogP contribution is -2.13. The number of thiazole rings is 1. The van der Waals surface area contributed by atoms with Crippen LogP contribution in [0.2, 0.25) is 0 Å². The molecule has 0 unspecified atom stereocenters. The first kappa shape index (κ1) is 15.2. The summed E-state index contributed by atoms with van der Waals surface area (Å²) in [6.45, 7) is 5.97. The molecule has 2 aromatic heterocycles. The highest BCUT2D eigenvalue weighted by molar-refractivity contribution is 7.11. The van der Waals surface area contributed by atoms with Gasteiger partial charge in [0.25, 0.3) is 5.91 Å². The lowest BCUT2D eigenvalue weighted by atomic mass is 10.4. The normalized spacial score (nSPS) is 10.7. The van der Waals surface area contributed by atoms with E-state index in [2.05, 4.69) is 15.4 Å². The molecule has 8 heteroatoms. The summed E-state index contributed by atoms with van der Waals surface area (Å²) in [4.78, 5) is 27.5. The van der Waals surface area contributed by atoms with Crippen molar-refractivity contribution in [2.75, 3.05) is 11.9 Å². The zero-order chi connectivity index (χ0) is 15.4. The Morgan fingerprint density at radius 1 is 1.48 bits per heavy atom. The smallest absolute Gasteiger partial charge is 0.367 e. The van der Waals surface area contributed by atoms with E-state index in [0.717, 1.165) is 11.3 Å². The van der Waals surface area contributed by atoms with Gasteiger partial charge < -0.3 is 10.1 Å². The summed E-state index contributed by atoms with van der Waals surface area (Å²) >= 11 is 1.08. The minimum atomic E-state index is -0.519. The molecule has 0 aliphatic heterocycles. The Labute approximate surface area is 125 Å². The molecule has 0 aliphatic carbocycles. The molecule has 0 aliphatic rings. The number of hydrogen-bond donors (Lipinski definition) is 1. The fourth-order valence-electron chi connectivity index (χ4n) is 1.54. The first-order chi connectivity index (χ1) is 10.0. The monoisotopic (exact) mass is 308 g/mol. The summed E-state index contributed by atoms with van der Waals surface area (Å²) in [5.74, 6) is -0.903. The Hall–Kier alpha value is -2.22. The summed E-state index contributed by atoms with van der Waals surface area (Å²) in [6.07, 6.45) is 3.30. The number of carbonyl (C=O) groups is 2. The van der Waals surface area contributed by atoms with Crippen LogP contribution in [0.1, 0.15) is 47.1 Å². The summed E-state index contributed by atoms with van der Waals surface area (Å²) < 4.78 is 6.57. The Bertz CT molecular complexity index is 647. The third-order valence-corrected chi connectivity index (χ3v) is 3.40. The van der Waals surface area contributed by atoms with Gasteiger partial charge in [0, 0.05) is 17.6 Å². The molecule has 0 fully saturated rings. The molecule has 2 rings (SSSR count). The van der Waals surface area contributed by atoms with Crippen LogP contribution >= 0.6 is 11.3 Å². The predicted octanol–water partition coefficient (Wildman–Crippen LogP) is 2.35. The van der Waals surface area contributed by atoms with Gasteiger partial charge in [0.1, 0.15) is 5.69 Å². The highest BCUT2D eigenvalue weighted by Gasteiger charge is 2.17. The topological polar surface area (TPSA) is 86.1 Å². The predicted molar refractivity (Wildman–Crippen MR) is 78.6 cm³/mol. The third-order valence-electron chi connectivity index (χ3n) is 2.58. The molecular formula is C13H16N4O3S. The Morgan fingerprint density at radius 2 is 2.24 bits per heavy atom. The van der Waals surface area contributed by atoms with Crippen molar-refractivity contribution in [3.05, 3.63) is 28.5 Å². The number of hydrogen-bond acceptors (Lipinski definition) is 6. The highest BCUT2D eigenvalue weighted by atomic mass is 32.1. The lowest BCUT2D eigenvalue weighted by molar-refractivity contribution is 0.0526. The number of esters is 1. The van der Waals surface area contributed by atoms with Gasteiger partial charge in [-0.1, -0.05) is 0 Å². The molecule has 1 N–H and O–H groups in total. The van der Waals surface area contributed by atoms with Crippen LogP contribution in [0.15, 0.2) is 17.8 Å². The second-order valence-electron chi connectivity index (χ2n) is 4.52. The number of rotatable bonds is 5. The molecule has 0 atom stereocenters. The second-order valence-corrected chi connectivity index (χ2v) is 5.37. The SMILES string of the molecule is CCOC(=O)c1nc(C(=O)Nc2cnn(C(C)C)c2)cs1. The van der Waals surface area contributed by atoms with Gasteiger partial charge in [-0.15, -0.1) is 11.3 Å². The number of nitrogens with zero attached hydrogens (tertiary/aromatic N) is 3. The van der Waals surface area contributed by atoms with Crippen molar-refractivity contribution < 1.29 is 14.3 Å². The van der Waals surface area contributed by atoms with Gasteiger partial charge in [0.15, 0.2) is 0 Å². The summed E-state index contributed by atoms with van der Waals surface area (Å²) in [6, 6.07) is 0.213. The van der Waals surface area contributed by atoms with E-state index in [1.807, 2.05) is 13.8 Å². The quantitative estimate of drug-likeness (QED) is 0.857. The van der Waals surface area contributed by atoms with E-state index in [9.17, 15) is 9.59 Å². The maximum Gasteiger partial charge on any atom is 0.367 e. The minimum absolute atomic E-state index is 0.167. The largest absolute Gasteiger partial charge is 0.461 e. The van der Waals surface area contributed by atoms with Gasteiger partial charge in [-0.2, -0.15) is 5.10 Å². The molecule has 112 valence electrons. The molecule has 0 saturated heterocycles. The lowest BCUT2D eigenvalue weighted by Gasteiger charge is -2.03. The molecule has 0 saturated carbocycles. The Balaban J connectivity index is 2.04. The van der Waals surface area contributed by atoms with Crippen LogP contribution in [0.4, 0.5) is 5.69 Å². The van der Waals surface area contributed by atoms with Crippen molar-refractivity contribution in [1.29, 1.82) is 0 Å². The van der Waals surface area contributed by atoms with Gasteiger partial charge >= 0.3 is 5.97 Å². The molecule has 2 aromatic rings. The molecule has 0 radical (unpaired) electrons. The molecule has 0 bridgehead atoms. The summed E-state index contributed by atoms with van der Waals surface area (Å²) in [7, 11) is 0. The number of nitrogens with one attached hydrogen (secondary N) is 1. The maximum atomic E-state index is 12.0. The molecule has 0 spiro atoms. The van der Waals surface area contributed by atoms with Crippen LogP contribution in [-0.2, 0) is 4.74 Å². The number of carbonyl (C=O) groups excluding carboxylic acids is 2. The van der Waals surface area contributed by atoms with Gasteiger partial charge in [0.2, 0.25) is 5.01 Å². The van der Waals surface area contributed by atoms with Crippen molar-refractivity contribution in [2.45, 2.75) is 26.8 Å². The number of aromatic nitrogens is 3. The second kappa shape index (κ2) is 6.49. The van der Waals surface area contributed by atoms with Crippen LogP contribution in [0.5, 0.6) is 0 Å². The molecule has 2 heterocycles. The zero-order valence-electron chi connectivity index (χ0n) is 12.0. The van der Waals surface area contributed by atoms with Crippen molar-refractivity contribution in [3.63, 3.8) is 0 Å². The number of ether oxygens (including phenoxy) is 1. The van der Waals surface area contributed by atoms with E-state index in [-0.39, 0.29) is 29.3 Å². The van der Waals surface area contributed by atoms with Gasteiger partial charge in [0.05, 0.1) is 18.5 Å². The Kier molecular flexibility index (Phi) is 4.69. The van der Waals surface area contributed by atoms with Crippen molar-refractivity contribution in [3.8, 4) is 0 Å². The molecule has 21 heavy (non-hydrogen) atoms. The average Bonchev–Trinajstić information content (AvgIpc) is 3.07. The average molecular weight is 308 g/mol. The molecule has 0 aromatic carbocycles. The van der Waals surface area contributed by atoms with Gasteiger partial charge in [-0.3, -0.25) is 9.48 Å². The maximum absolute atomic E-state index is 12.0. The third kappa shape index (κ3) is 3.66. The first-order valence-electron chi connectivity index (χ1n) is 6.49. The highest BCUT2D eigenvalue weighted by Crippen LogP contribution is 2.14. The fourth-order valence-corrected chi connectivity index (χ4v) is 2.23. The van der Waals surface area contributed by atoms with E-state index in [1.54, 1.807) is 24.0 Å². The van der Waals surface area contributed by atoms with Crippen LogP contribution < -0.4 is 5.32 Å². The van der Waals surface area contributed by atoms with Crippen LogP contribution in [-0.4, -0.2) is 33.2 Å². The van der Waals surface area contributed by atoms with Gasteiger partial charge in [-0.25, -0.2) is 9.78 Å². The van der Waals surface area contributed by atoms with Gasteiger partial charge in [-0.05, 0) is 20.8 Å². The zero-order valence-corrected chi connectivity index (χ0v) is 12.8. The number of anilines is 1. The van der Waals surface area contributed by atoms with Crippen molar-refractivity contribution in [1.82, 2.24) is 14.8 Å².